The third-order valence-electron chi connectivity index (χ3n) is 2.79. The van der Waals surface area contributed by atoms with Gasteiger partial charge in [-0.2, -0.15) is 5.10 Å². The number of aryl methyl sites for hydroxylation is 2. The highest BCUT2D eigenvalue weighted by molar-refractivity contribution is 6.31. The number of nitro groups is 1. The number of rotatable bonds is 4. The van der Waals surface area contributed by atoms with Crippen LogP contribution in [0.1, 0.15) is 12.6 Å². The first-order valence-corrected chi connectivity index (χ1v) is 6.24. The van der Waals surface area contributed by atoms with Crippen molar-refractivity contribution < 1.29 is 9.31 Å². The molecule has 6 nitrogen and oxygen atoms in total. The second-order valence-corrected chi connectivity index (χ2v) is 4.54. The van der Waals surface area contributed by atoms with E-state index in [4.69, 9.17) is 11.6 Å². The Morgan fingerprint density at radius 3 is 2.80 bits per heavy atom. The van der Waals surface area contributed by atoms with Gasteiger partial charge in [0.1, 0.15) is 11.5 Å². The zero-order valence-electron chi connectivity index (χ0n) is 10.9. The van der Waals surface area contributed by atoms with E-state index in [-0.39, 0.29) is 16.5 Å². The summed E-state index contributed by atoms with van der Waals surface area (Å²) in [6, 6.07) is 4.00. The molecule has 20 heavy (non-hydrogen) atoms. The second-order valence-electron chi connectivity index (χ2n) is 4.13. The van der Waals surface area contributed by atoms with Crippen LogP contribution in [0.5, 0.6) is 0 Å². The summed E-state index contributed by atoms with van der Waals surface area (Å²) in [5, 5.41) is 18.0. The van der Waals surface area contributed by atoms with Gasteiger partial charge in [-0.3, -0.25) is 10.1 Å². The van der Waals surface area contributed by atoms with Gasteiger partial charge in [-0.05, 0) is 24.6 Å². The third-order valence-corrected chi connectivity index (χ3v) is 3.08. The fourth-order valence-corrected chi connectivity index (χ4v) is 2.03. The summed E-state index contributed by atoms with van der Waals surface area (Å²) in [7, 11) is 1.60. The first-order valence-electron chi connectivity index (χ1n) is 5.86. The zero-order chi connectivity index (χ0) is 14.9. The summed E-state index contributed by atoms with van der Waals surface area (Å²) >= 11 is 5.68. The summed E-state index contributed by atoms with van der Waals surface area (Å²) < 4.78 is 14.5. The van der Waals surface area contributed by atoms with Crippen LogP contribution in [0.4, 0.5) is 21.6 Å². The van der Waals surface area contributed by atoms with Crippen molar-refractivity contribution in [1.29, 1.82) is 0 Å². The first kappa shape index (κ1) is 14.3. The maximum Gasteiger partial charge on any atom is 0.334 e. The number of nitrogens with one attached hydrogen (secondary N) is 1. The van der Waals surface area contributed by atoms with Gasteiger partial charge in [0.15, 0.2) is 0 Å². The monoisotopic (exact) mass is 298 g/mol. The molecule has 0 saturated heterocycles. The van der Waals surface area contributed by atoms with Crippen molar-refractivity contribution in [3.05, 3.63) is 44.8 Å². The Morgan fingerprint density at radius 1 is 1.55 bits per heavy atom. The van der Waals surface area contributed by atoms with Gasteiger partial charge in [-0.1, -0.05) is 18.5 Å². The van der Waals surface area contributed by atoms with Crippen molar-refractivity contribution in [3.8, 4) is 0 Å². The van der Waals surface area contributed by atoms with Gasteiger partial charge in [-0.25, -0.2) is 9.07 Å². The maximum absolute atomic E-state index is 13.1. The molecule has 0 aliphatic heterocycles. The van der Waals surface area contributed by atoms with Gasteiger partial charge in [0, 0.05) is 12.7 Å². The summed E-state index contributed by atoms with van der Waals surface area (Å²) in [5.41, 5.74) is 0.744. The molecule has 2 rings (SSSR count). The fourth-order valence-electron chi connectivity index (χ4n) is 1.85. The van der Waals surface area contributed by atoms with E-state index in [2.05, 4.69) is 10.4 Å². The van der Waals surface area contributed by atoms with E-state index in [1.165, 1.54) is 22.9 Å². The molecule has 0 aliphatic rings. The van der Waals surface area contributed by atoms with Crippen LogP contribution in [0.3, 0.4) is 0 Å². The second kappa shape index (κ2) is 5.46. The summed E-state index contributed by atoms with van der Waals surface area (Å²) in [4.78, 5) is 10.7. The van der Waals surface area contributed by atoms with Crippen molar-refractivity contribution in [2.24, 2.45) is 7.05 Å². The molecule has 0 spiro atoms. The molecule has 0 bridgehead atoms. The number of halogens is 2. The largest absolute Gasteiger partial charge is 0.335 e. The topological polar surface area (TPSA) is 73.0 Å². The Labute approximate surface area is 119 Å². The lowest BCUT2D eigenvalue weighted by atomic mass is 10.2. The average molecular weight is 299 g/mol. The Hall–Kier alpha value is -2.15. The first-order chi connectivity index (χ1) is 9.43. The van der Waals surface area contributed by atoms with Crippen molar-refractivity contribution >= 4 is 28.8 Å². The van der Waals surface area contributed by atoms with E-state index >= 15 is 0 Å². The third kappa shape index (κ3) is 2.57. The minimum absolute atomic E-state index is 0.0597. The number of hydrogen-bond acceptors (Lipinski definition) is 4. The lowest BCUT2D eigenvalue weighted by Gasteiger charge is -2.06. The lowest BCUT2D eigenvalue weighted by molar-refractivity contribution is -0.384. The highest BCUT2D eigenvalue weighted by Gasteiger charge is 2.25. The van der Waals surface area contributed by atoms with E-state index in [9.17, 15) is 14.5 Å². The van der Waals surface area contributed by atoms with Crippen LogP contribution in [0, 0.1) is 15.9 Å². The molecular weight excluding hydrogens is 287 g/mol. The average Bonchev–Trinajstić information content (AvgIpc) is 2.71. The highest BCUT2D eigenvalue weighted by atomic mass is 35.5. The molecule has 0 aliphatic carbocycles. The van der Waals surface area contributed by atoms with E-state index in [1.54, 1.807) is 14.0 Å². The SMILES string of the molecule is CCc1nn(C)c(Nc2ccc(F)c(Cl)c2)c1[N+](=O)[O-]. The normalized spacial score (nSPS) is 10.6. The number of anilines is 2. The molecule has 0 radical (unpaired) electrons. The quantitative estimate of drug-likeness (QED) is 0.693. The number of nitrogens with zero attached hydrogens (tertiary/aromatic N) is 3. The highest BCUT2D eigenvalue weighted by Crippen LogP contribution is 2.31. The maximum atomic E-state index is 13.1. The standard InChI is InChI=1S/C12H12ClFN4O2/c1-3-10-11(18(19)20)12(17(2)16-10)15-7-4-5-9(14)8(13)6-7/h4-6,15H,3H2,1-2H3. The Kier molecular flexibility index (Phi) is 3.89. The van der Waals surface area contributed by atoms with Crippen molar-refractivity contribution in [2.45, 2.75) is 13.3 Å². The van der Waals surface area contributed by atoms with Crippen LogP contribution in [0.25, 0.3) is 0 Å². The van der Waals surface area contributed by atoms with Crippen LogP contribution in [-0.2, 0) is 13.5 Å². The Morgan fingerprint density at radius 2 is 2.25 bits per heavy atom. The minimum Gasteiger partial charge on any atom is -0.335 e. The Balaban J connectivity index is 2.45. The predicted molar refractivity (Wildman–Crippen MR) is 73.9 cm³/mol. The van der Waals surface area contributed by atoms with Crippen LogP contribution in [0.15, 0.2) is 18.2 Å². The van der Waals surface area contributed by atoms with Gasteiger partial charge in [0.2, 0.25) is 5.82 Å². The van der Waals surface area contributed by atoms with E-state index in [0.717, 1.165) is 0 Å². The Bertz CT molecular complexity index is 672. The molecule has 0 saturated carbocycles. The molecule has 106 valence electrons. The van der Waals surface area contributed by atoms with Gasteiger partial charge in [0.05, 0.1) is 9.95 Å². The van der Waals surface area contributed by atoms with Crippen LogP contribution in [0.2, 0.25) is 5.02 Å². The van der Waals surface area contributed by atoms with Gasteiger partial charge >= 0.3 is 5.69 Å². The molecule has 2 aromatic rings. The van der Waals surface area contributed by atoms with Gasteiger partial charge in [0.25, 0.3) is 0 Å². The molecule has 1 N–H and O–H groups in total. The smallest absolute Gasteiger partial charge is 0.334 e. The van der Waals surface area contributed by atoms with Crippen molar-refractivity contribution in [1.82, 2.24) is 9.78 Å². The number of aromatic nitrogens is 2. The lowest BCUT2D eigenvalue weighted by Crippen LogP contribution is -2.01. The molecular formula is C12H12ClFN4O2. The molecule has 1 aromatic carbocycles. The van der Waals surface area contributed by atoms with Crippen LogP contribution in [-0.4, -0.2) is 14.7 Å². The predicted octanol–water partition coefficient (Wildman–Crippen LogP) is 3.43. The molecule has 1 heterocycles. The summed E-state index contributed by atoms with van der Waals surface area (Å²) in [5.74, 6) is -0.319. The van der Waals surface area contributed by atoms with Gasteiger partial charge in [-0.15, -0.1) is 0 Å². The fraction of sp³-hybridized carbons (Fsp3) is 0.250. The molecule has 0 unspecified atom stereocenters. The van der Waals surface area contributed by atoms with Crippen LogP contribution < -0.4 is 5.32 Å². The molecule has 8 heteroatoms. The number of benzene rings is 1. The van der Waals surface area contributed by atoms with Crippen molar-refractivity contribution in [2.75, 3.05) is 5.32 Å². The molecule has 1 aromatic heterocycles. The van der Waals surface area contributed by atoms with E-state index < -0.39 is 10.7 Å². The summed E-state index contributed by atoms with van der Waals surface area (Å²) in [6.07, 6.45) is 0.440. The van der Waals surface area contributed by atoms with E-state index in [0.29, 0.717) is 17.8 Å². The van der Waals surface area contributed by atoms with Crippen molar-refractivity contribution in [3.63, 3.8) is 0 Å². The summed E-state index contributed by atoms with van der Waals surface area (Å²) in [6.45, 7) is 1.79. The van der Waals surface area contributed by atoms with Gasteiger partial charge < -0.3 is 5.32 Å². The van der Waals surface area contributed by atoms with E-state index in [1.807, 2.05) is 0 Å². The number of hydrogen-bond donors (Lipinski definition) is 1. The molecule has 0 atom stereocenters. The zero-order valence-corrected chi connectivity index (χ0v) is 11.6. The molecule has 0 fully saturated rings. The minimum atomic E-state index is -0.550. The molecule has 0 amide bonds. The van der Waals surface area contributed by atoms with Crippen LogP contribution >= 0.6 is 11.6 Å².